The van der Waals surface area contributed by atoms with E-state index in [1.165, 1.54) is 7.11 Å². The van der Waals surface area contributed by atoms with Crippen LogP contribution in [0, 0.1) is 22.7 Å². The number of hydrogen-bond donors (Lipinski definition) is 2. The van der Waals surface area contributed by atoms with Crippen molar-refractivity contribution in [2.45, 2.75) is 6.61 Å². The van der Waals surface area contributed by atoms with Gasteiger partial charge < -0.3 is 20.2 Å². The van der Waals surface area contributed by atoms with Crippen molar-refractivity contribution >= 4 is 16.7 Å². The number of fused-ring (bicyclic) bond motifs is 1. The largest absolute Gasteiger partial charge is 0.496 e. The molecule has 156 valence electrons. The van der Waals surface area contributed by atoms with Crippen LogP contribution in [0.1, 0.15) is 16.7 Å². The Kier molecular flexibility index (Phi) is 5.44. The smallest absolute Gasteiger partial charge is 0.268 e. The molecular formula is C24H17N5O3. The van der Waals surface area contributed by atoms with Gasteiger partial charge in [-0.2, -0.15) is 10.5 Å². The standard InChI is InChI=1S/C24H17N5O3/c1-31-19-8-7-15(21-17(11-25)23(27)29-24(30)18(21)12-26)10-16(19)13-32-20-6-2-4-14-5-3-9-28-22(14)20/h2-10H,13H2,1H3,(H3,27,29,30). The average Bonchev–Trinajstić information content (AvgIpc) is 2.82. The zero-order valence-electron chi connectivity index (χ0n) is 17.0. The Morgan fingerprint density at radius 1 is 1.06 bits per heavy atom. The van der Waals surface area contributed by atoms with Crippen molar-refractivity contribution in [1.82, 2.24) is 9.97 Å². The summed E-state index contributed by atoms with van der Waals surface area (Å²) in [5.74, 6) is 1.06. The van der Waals surface area contributed by atoms with Crippen molar-refractivity contribution in [3.8, 4) is 34.8 Å². The molecule has 2 heterocycles. The maximum Gasteiger partial charge on any atom is 0.268 e. The lowest BCUT2D eigenvalue weighted by atomic mass is 9.95. The van der Waals surface area contributed by atoms with Gasteiger partial charge in [0.25, 0.3) is 5.56 Å². The number of para-hydroxylation sites is 1. The molecule has 0 bridgehead atoms. The van der Waals surface area contributed by atoms with Crippen molar-refractivity contribution in [3.63, 3.8) is 0 Å². The van der Waals surface area contributed by atoms with Gasteiger partial charge in [0.2, 0.25) is 0 Å². The Balaban J connectivity index is 1.79. The quantitative estimate of drug-likeness (QED) is 0.501. The molecule has 0 aliphatic rings. The Labute approximate surface area is 183 Å². The van der Waals surface area contributed by atoms with Gasteiger partial charge in [-0.1, -0.05) is 24.3 Å². The minimum atomic E-state index is -0.658. The van der Waals surface area contributed by atoms with Gasteiger partial charge in [0, 0.05) is 22.7 Å². The summed E-state index contributed by atoms with van der Waals surface area (Å²) in [6, 6.07) is 18.4. The number of benzene rings is 2. The fourth-order valence-electron chi connectivity index (χ4n) is 3.53. The number of nitrogens with two attached hydrogens (primary N) is 1. The second kappa shape index (κ2) is 8.50. The summed E-state index contributed by atoms with van der Waals surface area (Å²) in [5, 5.41) is 20.0. The predicted octanol–water partition coefficient (Wildman–Crippen LogP) is 3.50. The van der Waals surface area contributed by atoms with Gasteiger partial charge in [-0.15, -0.1) is 0 Å². The van der Waals surface area contributed by atoms with Gasteiger partial charge in [-0.05, 0) is 29.8 Å². The van der Waals surface area contributed by atoms with E-state index in [2.05, 4.69) is 9.97 Å². The number of anilines is 1. The minimum absolute atomic E-state index is 0.0245. The van der Waals surface area contributed by atoms with Crippen molar-refractivity contribution in [2.75, 3.05) is 12.8 Å². The van der Waals surface area contributed by atoms with Gasteiger partial charge in [0.15, 0.2) is 0 Å². The Bertz CT molecular complexity index is 1470. The minimum Gasteiger partial charge on any atom is -0.496 e. The molecule has 0 fully saturated rings. The molecule has 8 heteroatoms. The number of pyridine rings is 2. The van der Waals surface area contributed by atoms with E-state index in [0.29, 0.717) is 22.6 Å². The number of nitriles is 2. The van der Waals surface area contributed by atoms with Crippen LogP contribution in [0.2, 0.25) is 0 Å². The zero-order chi connectivity index (χ0) is 22.7. The molecule has 0 saturated carbocycles. The molecule has 0 unspecified atom stereocenters. The van der Waals surface area contributed by atoms with Crippen LogP contribution in [0.5, 0.6) is 11.5 Å². The van der Waals surface area contributed by atoms with Gasteiger partial charge >= 0.3 is 0 Å². The Morgan fingerprint density at radius 2 is 1.84 bits per heavy atom. The first-order valence-corrected chi connectivity index (χ1v) is 9.57. The third kappa shape index (κ3) is 3.57. The number of ether oxygens (including phenoxy) is 2. The third-order valence-corrected chi connectivity index (χ3v) is 5.02. The van der Waals surface area contributed by atoms with E-state index < -0.39 is 5.56 Å². The second-order valence-corrected chi connectivity index (χ2v) is 6.86. The number of H-pyrrole nitrogens is 1. The molecule has 32 heavy (non-hydrogen) atoms. The lowest BCUT2D eigenvalue weighted by molar-refractivity contribution is 0.299. The summed E-state index contributed by atoms with van der Waals surface area (Å²) < 4.78 is 11.5. The summed E-state index contributed by atoms with van der Waals surface area (Å²) in [5.41, 5.74) is 7.05. The maximum atomic E-state index is 12.3. The molecule has 2 aromatic heterocycles. The van der Waals surface area contributed by atoms with E-state index in [0.717, 1.165) is 10.9 Å². The highest BCUT2D eigenvalue weighted by molar-refractivity contribution is 5.84. The lowest BCUT2D eigenvalue weighted by Gasteiger charge is -2.14. The highest BCUT2D eigenvalue weighted by Crippen LogP contribution is 2.33. The number of rotatable bonds is 5. The molecular weight excluding hydrogens is 406 g/mol. The first-order valence-electron chi connectivity index (χ1n) is 9.57. The summed E-state index contributed by atoms with van der Waals surface area (Å²) in [6.07, 6.45) is 1.70. The fraction of sp³-hybridized carbons (Fsp3) is 0.0833. The van der Waals surface area contributed by atoms with Gasteiger partial charge in [0.05, 0.1) is 7.11 Å². The van der Waals surface area contributed by atoms with E-state index in [-0.39, 0.29) is 29.1 Å². The van der Waals surface area contributed by atoms with Crippen LogP contribution in [0.4, 0.5) is 5.82 Å². The molecule has 0 atom stereocenters. The van der Waals surface area contributed by atoms with E-state index in [9.17, 15) is 15.3 Å². The fourth-order valence-corrected chi connectivity index (χ4v) is 3.53. The number of hydrogen-bond acceptors (Lipinski definition) is 7. The molecule has 4 rings (SSSR count). The molecule has 0 radical (unpaired) electrons. The van der Waals surface area contributed by atoms with E-state index >= 15 is 0 Å². The normalized spacial score (nSPS) is 10.3. The summed E-state index contributed by atoms with van der Waals surface area (Å²) in [4.78, 5) is 19.0. The Hall–Kier alpha value is -4.82. The van der Waals surface area contributed by atoms with E-state index in [4.69, 9.17) is 15.2 Å². The summed E-state index contributed by atoms with van der Waals surface area (Å²) in [6.45, 7) is 0.134. The van der Waals surface area contributed by atoms with Crippen LogP contribution < -0.4 is 20.8 Å². The van der Waals surface area contributed by atoms with Crippen molar-refractivity contribution in [2.24, 2.45) is 0 Å². The van der Waals surface area contributed by atoms with Crippen molar-refractivity contribution in [1.29, 1.82) is 10.5 Å². The summed E-state index contributed by atoms with van der Waals surface area (Å²) in [7, 11) is 1.53. The van der Waals surface area contributed by atoms with Crippen molar-refractivity contribution in [3.05, 3.63) is 81.8 Å². The molecule has 0 spiro atoms. The molecule has 0 saturated heterocycles. The SMILES string of the molecule is COc1ccc(-c2c(C#N)c(N)[nH]c(=O)c2C#N)cc1COc1cccc2cccnc12. The number of aromatic amines is 1. The zero-order valence-corrected chi connectivity index (χ0v) is 17.0. The molecule has 0 amide bonds. The molecule has 3 N–H and O–H groups in total. The molecule has 8 nitrogen and oxygen atoms in total. The highest BCUT2D eigenvalue weighted by Gasteiger charge is 2.19. The molecule has 0 aliphatic carbocycles. The Morgan fingerprint density at radius 3 is 2.59 bits per heavy atom. The maximum absolute atomic E-state index is 12.3. The van der Waals surface area contributed by atoms with Crippen LogP contribution in [-0.4, -0.2) is 17.1 Å². The molecule has 2 aromatic carbocycles. The summed E-state index contributed by atoms with van der Waals surface area (Å²) >= 11 is 0. The number of methoxy groups -OCH3 is 1. The number of nitrogens with one attached hydrogen (secondary N) is 1. The molecule has 4 aromatic rings. The van der Waals surface area contributed by atoms with Gasteiger partial charge in [-0.25, -0.2) is 0 Å². The lowest BCUT2D eigenvalue weighted by Crippen LogP contribution is -2.16. The highest BCUT2D eigenvalue weighted by atomic mass is 16.5. The first-order chi connectivity index (χ1) is 15.6. The van der Waals surface area contributed by atoms with Crippen LogP contribution >= 0.6 is 0 Å². The van der Waals surface area contributed by atoms with Gasteiger partial charge in [-0.3, -0.25) is 9.78 Å². The predicted molar refractivity (Wildman–Crippen MR) is 119 cm³/mol. The van der Waals surface area contributed by atoms with Crippen LogP contribution in [-0.2, 0) is 6.61 Å². The topological polar surface area (TPSA) is 138 Å². The number of nitrogens with zero attached hydrogens (tertiary/aromatic N) is 3. The first kappa shape index (κ1) is 20.5. The molecule has 0 aliphatic heterocycles. The number of aromatic nitrogens is 2. The van der Waals surface area contributed by atoms with Gasteiger partial charge in [0.1, 0.15) is 52.7 Å². The van der Waals surface area contributed by atoms with Crippen molar-refractivity contribution < 1.29 is 9.47 Å². The average molecular weight is 423 g/mol. The van der Waals surface area contributed by atoms with E-state index in [1.54, 1.807) is 24.4 Å². The van der Waals surface area contributed by atoms with E-state index in [1.807, 2.05) is 42.5 Å². The van der Waals surface area contributed by atoms with Crippen LogP contribution in [0.3, 0.4) is 0 Å². The number of nitrogen functional groups attached to an aromatic ring is 1. The van der Waals surface area contributed by atoms with Crippen LogP contribution in [0.15, 0.2) is 59.5 Å². The third-order valence-electron chi connectivity index (χ3n) is 5.02. The monoisotopic (exact) mass is 423 g/mol. The second-order valence-electron chi connectivity index (χ2n) is 6.86. The van der Waals surface area contributed by atoms with Crippen LogP contribution in [0.25, 0.3) is 22.0 Å².